The van der Waals surface area contributed by atoms with Gasteiger partial charge in [-0.25, -0.2) is 4.79 Å². The molecule has 1 aromatic heterocycles. The number of piperidine rings is 1. The highest BCUT2D eigenvalue weighted by atomic mass is 16.4. The second-order valence-corrected chi connectivity index (χ2v) is 4.64. The number of hydrogen-bond donors (Lipinski definition) is 3. The van der Waals surface area contributed by atoms with E-state index in [0.29, 0.717) is 18.5 Å². The smallest absolute Gasteiger partial charge is 0.328 e. The highest BCUT2D eigenvalue weighted by Gasteiger charge is 2.24. The van der Waals surface area contributed by atoms with Crippen molar-refractivity contribution in [3.05, 3.63) is 35.7 Å². The Balaban J connectivity index is 2.06. The van der Waals surface area contributed by atoms with Gasteiger partial charge in [0.1, 0.15) is 6.04 Å². The average Bonchev–Trinajstić information content (AvgIpc) is 2.48. The zero-order valence-electron chi connectivity index (χ0n) is 11.2. The van der Waals surface area contributed by atoms with Gasteiger partial charge in [-0.05, 0) is 30.5 Å². The first-order chi connectivity index (χ1) is 10.1. The number of carboxylic acids is 1. The van der Waals surface area contributed by atoms with E-state index in [0.717, 1.165) is 12.5 Å². The molecule has 2 amide bonds. The van der Waals surface area contributed by atoms with Crippen LogP contribution in [0.5, 0.6) is 0 Å². The Hall–Kier alpha value is -2.70. The van der Waals surface area contributed by atoms with Crippen molar-refractivity contribution in [1.29, 1.82) is 0 Å². The Bertz CT molecular complexity index is 598. The highest BCUT2D eigenvalue weighted by molar-refractivity contribution is 5.98. The van der Waals surface area contributed by atoms with Crippen molar-refractivity contribution in [3.8, 4) is 0 Å². The minimum absolute atomic E-state index is 0.190. The van der Waals surface area contributed by atoms with Gasteiger partial charge in [0.25, 0.3) is 5.91 Å². The molecular formula is C14H15N3O4. The van der Waals surface area contributed by atoms with Gasteiger partial charge < -0.3 is 15.7 Å². The molecule has 0 aromatic carbocycles. The summed E-state index contributed by atoms with van der Waals surface area (Å²) in [6.07, 6.45) is 6.55. The zero-order chi connectivity index (χ0) is 15.2. The Labute approximate surface area is 121 Å². The van der Waals surface area contributed by atoms with Crippen LogP contribution in [0.25, 0.3) is 6.08 Å². The maximum absolute atomic E-state index is 12.1. The van der Waals surface area contributed by atoms with Crippen molar-refractivity contribution >= 4 is 23.9 Å². The predicted molar refractivity (Wildman–Crippen MR) is 74.4 cm³/mol. The maximum atomic E-state index is 12.1. The molecule has 21 heavy (non-hydrogen) atoms. The number of carbonyl (C=O) groups excluding carboxylic acids is 2. The van der Waals surface area contributed by atoms with Crippen LogP contribution in [0.4, 0.5) is 0 Å². The number of carbonyl (C=O) groups is 3. The van der Waals surface area contributed by atoms with Gasteiger partial charge in [0.2, 0.25) is 5.91 Å². The van der Waals surface area contributed by atoms with E-state index < -0.39 is 17.9 Å². The third kappa shape index (κ3) is 4.13. The molecule has 1 aliphatic heterocycles. The number of rotatable bonds is 4. The average molecular weight is 289 g/mol. The fraction of sp³-hybridized carbons (Fsp3) is 0.286. The molecule has 3 N–H and O–H groups in total. The van der Waals surface area contributed by atoms with Crippen molar-refractivity contribution in [2.45, 2.75) is 18.9 Å². The van der Waals surface area contributed by atoms with E-state index in [2.05, 4.69) is 15.6 Å². The molecule has 2 rings (SSSR count). The van der Waals surface area contributed by atoms with Gasteiger partial charge >= 0.3 is 5.97 Å². The molecule has 0 saturated carbocycles. The lowest BCUT2D eigenvalue weighted by Crippen LogP contribution is -2.50. The molecule has 7 heteroatoms. The topological polar surface area (TPSA) is 108 Å². The molecule has 1 aromatic rings. The Morgan fingerprint density at radius 3 is 2.95 bits per heavy atom. The van der Waals surface area contributed by atoms with Crippen LogP contribution >= 0.6 is 0 Å². The fourth-order valence-corrected chi connectivity index (χ4v) is 1.99. The number of hydrogen-bond acceptors (Lipinski definition) is 4. The van der Waals surface area contributed by atoms with Crippen molar-refractivity contribution in [3.63, 3.8) is 0 Å². The van der Waals surface area contributed by atoms with Crippen molar-refractivity contribution in [1.82, 2.24) is 15.6 Å². The molecule has 1 fully saturated rings. The second kappa shape index (κ2) is 6.65. The molecule has 0 spiro atoms. The number of amides is 2. The SMILES string of the molecule is O=C(O)C=Cc1cncc(C(=O)NC2CCCNC2=O)c1. The van der Waals surface area contributed by atoms with Crippen LogP contribution in [0.1, 0.15) is 28.8 Å². The quantitative estimate of drug-likeness (QED) is 0.686. The van der Waals surface area contributed by atoms with Gasteiger partial charge in [-0.3, -0.25) is 14.6 Å². The molecule has 0 aliphatic carbocycles. The summed E-state index contributed by atoms with van der Waals surface area (Å²) in [5, 5.41) is 13.9. The summed E-state index contributed by atoms with van der Waals surface area (Å²) in [5.74, 6) is -1.68. The van der Waals surface area contributed by atoms with E-state index in [4.69, 9.17) is 5.11 Å². The first-order valence-electron chi connectivity index (χ1n) is 6.51. The number of pyridine rings is 1. The van der Waals surface area contributed by atoms with Crippen molar-refractivity contribution in [2.75, 3.05) is 6.54 Å². The van der Waals surface area contributed by atoms with Crippen LogP contribution in [0.3, 0.4) is 0 Å². The van der Waals surface area contributed by atoms with E-state index >= 15 is 0 Å². The van der Waals surface area contributed by atoms with Gasteiger partial charge in [-0.15, -0.1) is 0 Å². The Morgan fingerprint density at radius 1 is 1.43 bits per heavy atom. The van der Waals surface area contributed by atoms with Crippen LogP contribution in [-0.4, -0.2) is 40.5 Å². The second-order valence-electron chi connectivity index (χ2n) is 4.64. The molecule has 1 atom stereocenters. The summed E-state index contributed by atoms with van der Waals surface area (Å²) in [5.41, 5.74) is 0.777. The van der Waals surface area contributed by atoms with Crippen LogP contribution in [-0.2, 0) is 9.59 Å². The lowest BCUT2D eigenvalue weighted by atomic mass is 10.1. The van der Waals surface area contributed by atoms with Crippen molar-refractivity contribution < 1.29 is 19.5 Å². The number of aliphatic carboxylic acids is 1. The number of carboxylic acid groups (broad SMARTS) is 1. The summed E-state index contributed by atoms with van der Waals surface area (Å²) < 4.78 is 0. The van der Waals surface area contributed by atoms with E-state index in [1.54, 1.807) is 0 Å². The highest BCUT2D eigenvalue weighted by Crippen LogP contribution is 2.08. The maximum Gasteiger partial charge on any atom is 0.328 e. The largest absolute Gasteiger partial charge is 0.478 e. The minimum Gasteiger partial charge on any atom is -0.478 e. The third-order valence-electron chi connectivity index (χ3n) is 3.03. The number of nitrogens with one attached hydrogen (secondary N) is 2. The molecule has 1 aliphatic rings. The zero-order valence-corrected chi connectivity index (χ0v) is 11.2. The molecule has 0 radical (unpaired) electrons. The third-order valence-corrected chi connectivity index (χ3v) is 3.03. The first kappa shape index (κ1) is 14.7. The first-order valence-corrected chi connectivity index (χ1v) is 6.51. The van der Waals surface area contributed by atoms with Crippen molar-refractivity contribution in [2.24, 2.45) is 0 Å². The van der Waals surface area contributed by atoms with Gasteiger partial charge in [0.15, 0.2) is 0 Å². The molecule has 110 valence electrons. The van der Waals surface area contributed by atoms with Crippen LogP contribution in [0.2, 0.25) is 0 Å². The minimum atomic E-state index is -1.08. The molecule has 2 heterocycles. The van der Waals surface area contributed by atoms with Gasteiger partial charge in [0, 0.05) is 25.0 Å². The molecular weight excluding hydrogens is 274 g/mol. The lowest BCUT2D eigenvalue weighted by Gasteiger charge is -2.22. The van der Waals surface area contributed by atoms with Gasteiger partial charge in [0.05, 0.1) is 5.56 Å². The standard InChI is InChI=1S/C14H15N3O4/c18-12(19)4-3-9-6-10(8-15-7-9)13(20)17-11-2-1-5-16-14(11)21/h3-4,6-8,11H,1-2,5H2,(H,16,21)(H,17,20)(H,18,19). The monoisotopic (exact) mass is 289 g/mol. The number of aromatic nitrogens is 1. The molecule has 1 saturated heterocycles. The Kier molecular flexibility index (Phi) is 4.65. The van der Waals surface area contributed by atoms with Crippen LogP contribution in [0.15, 0.2) is 24.5 Å². The number of nitrogens with zero attached hydrogens (tertiary/aromatic N) is 1. The summed E-state index contributed by atoms with van der Waals surface area (Å²) in [7, 11) is 0. The van der Waals surface area contributed by atoms with Crippen LogP contribution < -0.4 is 10.6 Å². The summed E-state index contributed by atoms with van der Waals surface area (Å²) >= 11 is 0. The summed E-state index contributed by atoms with van der Waals surface area (Å²) in [6, 6.07) is 0.979. The predicted octanol–water partition coefficient (Wildman–Crippen LogP) is 0.188. The normalized spacial score (nSPS) is 18.3. The van der Waals surface area contributed by atoms with E-state index in [9.17, 15) is 14.4 Å². The molecule has 0 bridgehead atoms. The summed E-state index contributed by atoms with van der Waals surface area (Å²) in [4.78, 5) is 38.0. The van der Waals surface area contributed by atoms with E-state index in [1.165, 1.54) is 24.5 Å². The fourth-order valence-electron chi connectivity index (χ4n) is 1.99. The van der Waals surface area contributed by atoms with Gasteiger partial charge in [-0.1, -0.05) is 0 Å². The summed E-state index contributed by atoms with van der Waals surface area (Å²) in [6.45, 7) is 0.627. The molecule has 1 unspecified atom stereocenters. The van der Waals surface area contributed by atoms with Crippen LogP contribution in [0, 0.1) is 0 Å². The van der Waals surface area contributed by atoms with E-state index in [-0.39, 0.29) is 11.5 Å². The van der Waals surface area contributed by atoms with Gasteiger partial charge in [-0.2, -0.15) is 0 Å². The van der Waals surface area contributed by atoms with E-state index in [1.807, 2.05) is 0 Å². The lowest BCUT2D eigenvalue weighted by molar-refractivity contribution is -0.131. The molecule has 7 nitrogen and oxygen atoms in total. The Morgan fingerprint density at radius 2 is 2.24 bits per heavy atom.